The Morgan fingerprint density at radius 2 is 1.54 bits per heavy atom. The van der Waals surface area contributed by atoms with E-state index in [1.54, 1.807) is 60.7 Å². The lowest BCUT2D eigenvalue weighted by molar-refractivity contribution is -0.112. The molecular formula is C28H20BrCl2N3O4S. The van der Waals surface area contributed by atoms with Gasteiger partial charge in [0.1, 0.15) is 23.2 Å². The van der Waals surface area contributed by atoms with Crippen LogP contribution in [0.25, 0.3) is 6.08 Å². The number of furan rings is 1. The highest BCUT2D eigenvalue weighted by Gasteiger charge is 2.26. The Hall–Kier alpha value is -3.39. The highest BCUT2D eigenvalue weighted by molar-refractivity contribution is 9.10. The second-order valence-electron chi connectivity index (χ2n) is 8.29. The minimum atomic E-state index is -3.95. The van der Waals surface area contributed by atoms with E-state index in [1.165, 1.54) is 34.6 Å². The highest BCUT2D eigenvalue weighted by Crippen LogP contribution is 2.25. The molecule has 0 radical (unpaired) electrons. The zero-order valence-electron chi connectivity index (χ0n) is 20.1. The van der Waals surface area contributed by atoms with Gasteiger partial charge < -0.3 is 9.73 Å². The Balaban J connectivity index is 1.57. The third-order valence-electron chi connectivity index (χ3n) is 5.49. The van der Waals surface area contributed by atoms with E-state index in [2.05, 4.69) is 21.2 Å². The van der Waals surface area contributed by atoms with Gasteiger partial charge >= 0.3 is 0 Å². The van der Waals surface area contributed by atoms with Crippen LogP contribution in [0.3, 0.4) is 0 Å². The number of anilines is 1. The third kappa shape index (κ3) is 7.60. The van der Waals surface area contributed by atoms with Crippen molar-refractivity contribution >= 4 is 66.8 Å². The number of hydrogen-bond acceptors (Lipinski definition) is 5. The van der Waals surface area contributed by atoms with Gasteiger partial charge in [0.25, 0.3) is 5.91 Å². The van der Waals surface area contributed by atoms with Crippen molar-refractivity contribution in [1.29, 1.82) is 5.26 Å². The number of rotatable bonds is 9. The van der Waals surface area contributed by atoms with Crippen LogP contribution in [0.1, 0.15) is 17.1 Å². The Kier molecular flexibility index (Phi) is 9.28. The van der Waals surface area contributed by atoms with Gasteiger partial charge in [-0.1, -0.05) is 51.3 Å². The molecule has 3 aromatic carbocycles. The SMILES string of the molecule is N#C/C(=C/c1ccc(CN(Cc2ccc(Cl)cc2)S(=O)(=O)c2ccc(Cl)cc2)o1)C(=O)Nc1ccc(Br)cc1. The van der Waals surface area contributed by atoms with E-state index in [0.717, 1.165) is 10.0 Å². The smallest absolute Gasteiger partial charge is 0.266 e. The lowest BCUT2D eigenvalue weighted by Gasteiger charge is -2.21. The zero-order chi connectivity index (χ0) is 28.0. The predicted octanol–water partition coefficient (Wildman–Crippen LogP) is 7.29. The molecule has 0 saturated heterocycles. The second-order valence-corrected chi connectivity index (χ2v) is 12.0. The summed E-state index contributed by atoms with van der Waals surface area (Å²) in [6.07, 6.45) is 1.30. The van der Waals surface area contributed by atoms with Crippen LogP contribution in [0.5, 0.6) is 0 Å². The lowest BCUT2D eigenvalue weighted by atomic mass is 10.2. The number of nitriles is 1. The number of halogens is 3. The van der Waals surface area contributed by atoms with Crippen LogP contribution in [0, 0.1) is 11.3 Å². The fourth-order valence-electron chi connectivity index (χ4n) is 3.53. The summed E-state index contributed by atoms with van der Waals surface area (Å²) in [4.78, 5) is 12.7. The zero-order valence-corrected chi connectivity index (χ0v) is 24.1. The van der Waals surface area contributed by atoms with Crippen molar-refractivity contribution in [2.45, 2.75) is 18.0 Å². The first-order valence-electron chi connectivity index (χ1n) is 11.4. The fourth-order valence-corrected chi connectivity index (χ4v) is 5.44. The number of nitrogens with one attached hydrogen (secondary N) is 1. The third-order valence-corrected chi connectivity index (χ3v) is 8.33. The van der Waals surface area contributed by atoms with Crippen molar-refractivity contribution in [3.05, 3.63) is 122 Å². The molecular weight excluding hydrogens is 625 g/mol. The average molecular weight is 645 g/mol. The van der Waals surface area contributed by atoms with E-state index in [0.29, 0.717) is 21.5 Å². The van der Waals surface area contributed by atoms with E-state index < -0.39 is 15.9 Å². The molecule has 1 amide bonds. The molecule has 198 valence electrons. The molecule has 39 heavy (non-hydrogen) atoms. The fraction of sp³-hybridized carbons (Fsp3) is 0.0714. The first-order valence-corrected chi connectivity index (χ1v) is 14.4. The molecule has 0 fully saturated rings. The number of sulfonamides is 1. The molecule has 1 aromatic heterocycles. The van der Waals surface area contributed by atoms with E-state index in [4.69, 9.17) is 27.6 Å². The maximum Gasteiger partial charge on any atom is 0.266 e. The van der Waals surface area contributed by atoms with Gasteiger partial charge in [0, 0.05) is 32.8 Å². The molecule has 0 bridgehead atoms. The summed E-state index contributed by atoms with van der Waals surface area (Å²) in [7, 11) is -3.95. The molecule has 0 atom stereocenters. The van der Waals surface area contributed by atoms with E-state index >= 15 is 0 Å². The van der Waals surface area contributed by atoms with Gasteiger partial charge in [-0.15, -0.1) is 0 Å². The Morgan fingerprint density at radius 1 is 0.923 bits per heavy atom. The topological polar surface area (TPSA) is 103 Å². The lowest BCUT2D eigenvalue weighted by Crippen LogP contribution is -2.30. The van der Waals surface area contributed by atoms with Crippen LogP contribution in [-0.2, 0) is 27.9 Å². The monoisotopic (exact) mass is 643 g/mol. The maximum absolute atomic E-state index is 13.5. The number of hydrogen-bond donors (Lipinski definition) is 1. The summed E-state index contributed by atoms with van der Waals surface area (Å²) in [5.41, 5.74) is 1.07. The van der Waals surface area contributed by atoms with Gasteiger partial charge in [-0.2, -0.15) is 9.57 Å². The largest absolute Gasteiger partial charge is 0.460 e. The van der Waals surface area contributed by atoms with Gasteiger partial charge in [-0.05, 0) is 78.4 Å². The second kappa shape index (κ2) is 12.6. The molecule has 1 N–H and O–H groups in total. The van der Waals surface area contributed by atoms with E-state index in [-0.39, 0.29) is 29.3 Å². The highest BCUT2D eigenvalue weighted by atomic mass is 79.9. The van der Waals surface area contributed by atoms with Gasteiger partial charge in [-0.25, -0.2) is 8.42 Å². The Labute approximate surface area is 244 Å². The summed E-state index contributed by atoms with van der Waals surface area (Å²) in [6.45, 7) is -0.0541. The number of nitrogens with zero attached hydrogens (tertiary/aromatic N) is 2. The van der Waals surface area contributed by atoms with Crippen LogP contribution >= 0.6 is 39.1 Å². The van der Waals surface area contributed by atoms with E-state index in [1.807, 2.05) is 6.07 Å². The number of carbonyl (C=O) groups is 1. The minimum absolute atomic E-state index is 0.0487. The standard InChI is InChI=1S/C28H20BrCl2N3O4S/c29-21-3-9-24(10-4-21)33-28(35)20(16-32)15-25-11-12-26(38-25)18-34(17-19-1-5-22(30)6-2-19)39(36,37)27-13-7-23(31)8-14-27/h1-15H,17-18H2,(H,33,35)/b20-15-. The van der Waals surface area contributed by atoms with Gasteiger partial charge in [0.2, 0.25) is 10.0 Å². The van der Waals surface area contributed by atoms with Crippen molar-refractivity contribution in [1.82, 2.24) is 4.31 Å². The molecule has 4 aromatic rings. The first kappa shape index (κ1) is 28.6. The summed E-state index contributed by atoms with van der Waals surface area (Å²) in [6, 6.07) is 24.7. The Bertz CT molecular complexity index is 1640. The molecule has 7 nitrogen and oxygen atoms in total. The molecule has 11 heteroatoms. The van der Waals surface area contributed by atoms with Crippen molar-refractivity contribution in [3.63, 3.8) is 0 Å². The van der Waals surface area contributed by atoms with Crippen LogP contribution < -0.4 is 5.32 Å². The molecule has 0 spiro atoms. The van der Waals surface area contributed by atoms with Gasteiger partial charge in [0.15, 0.2) is 0 Å². The number of amides is 1. The molecule has 0 saturated carbocycles. The van der Waals surface area contributed by atoms with Crippen LogP contribution in [0.15, 0.2) is 104 Å². The van der Waals surface area contributed by atoms with E-state index in [9.17, 15) is 18.5 Å². The first-order chi connectivity index (χ1) is 18.6. The minimum Gasteiger partial charge on any atom is -0.460 e. The van der Waals surface area contributed by atoms with Crippen LogP contribution in [-0.4, -0.2) is 18.6 Å². The molecule has 0 aliphatic carbocycles. The van der Waals surface area contributed by atoms with Crippen LogP contribution in [0.4, 0.5) is 5.69 Å². The average Bonchev–Trinajstić information content (AvgIpc) is 3.36. The molecule has 1 heterocycles. The summed E-state index contributed by atoms with van der Waals surface area (Å²) < 4.78 is 35.0. The van der Waals surface area contributed by atoms with Gasteiger partial charge in [-0.3, -0.25) is 4.79 Å². The van der Waals surface area contributed by atoms with Crippen molar-refractivity contribution < 1.29 is 17.6 Å². The quantitative estimate of drug-likeness (QED) is 0.152. The normalized spacial score (nSPS) is 11.8. The van der Waals surface area contributed by atoms with Crippen molar-refractivity contribution in [2.75, 3.05) is 5.32 Å². The number of benzene rings is 3. The van der Waals surface area contributed by atoms with Crippen LogP contribution in [0.2, 0.25) is 10.0 Å². The molecule has 0 aliphatic heterocycles. The molecule has 4 rings (SSSR count). The predicted molar refractivity (Wildman–Crippen MR) is 154 cm³/mol. The van der Waals surface area contributed by atoms with Gasteiger partial charge in [0.05, 0.1) is 11.4 Å². The Morgan fingerprint density at radius 3 is 2.15 bits per heavy atom. The summed E-state index contributed by atoms with van der Waals surface area (Å²) >= 11 is 15.3. The number of carbonyl (C=O) groups excluding carboxylic acids is 1. The van der Waals surface area contributed by atoms with Crippen molar-refractivity contribution in [2.24, 2.45) is 0 Å². The molecule has 0 unspecified atom stereocenters. The van der Waals surface area contributed by atoms with Crippen molar-refractivity contribution in [3.8, 4) is 6.07 Å². The molecule has 0 aliphatic rings. The summed E-state index contributed by atoms with van der Waals surface area (Å²) in [5.74, 6) is -0.0614. The maximum atomic E-state index is 13.5. The summed E-state index contributed by atoms with van der Waals surface area (Å²) in [5, 5.41) is 13.1.